The molecule has 2 N–H and O–H groups in total. The zero-order chi connectivity index (χ0) is 25.9. The van der Waals surface area contributed by atoms with Gasteiger partial charge >= 0.3 is 0 Å². The zero-order valence-electron chi connectivity index (χ0n) is 21.2. The van der Waals surface area contributed by atoms with Crippen LogP contribution in [-0.2, 0) is 9.53 Å². The van der Waals surface area contributed by atoms with Crippen LogP contribution in [-0.4, -0.2) is 58.7 Å². The lowest BCUT2D eigenvalue weighted by molar-refractivity contribution is -0.126. The molecule has 0 radical (unpaired) electrons. The molecule has 37 heavy (non-hydrogen) atoms. The predicted octanol–water partition coefficient (Wildman–Crippen LogP) is 3.34. The summed E-state index contributed by atoms with van der Waals surface area (Å²) in [6.45, 7) is 6.78. The summed E-state index contributed by atoms with van der Waals surface area (Å²) in [7, 11) is 0. The van der Waals surface area contributed by atoms with E-state index >= 15 is 0 Å². The maximum absolute atomic E-state index is 13.4. The largest absolute Gasteiger partial charge is 0.378 e. The molecule has 1 saturated heterocycles. The highest BCUT2D eigenvalue weighted by Gasteiger charge is 2.29. The van der Waals surface area contributed by atoms with Crippen LogP contribution in [0.2, 0.25) is 0 Å². The van der Waals surface area contributed by atoms with Gasteiger partial charge in [0.05, 0.1) is 30.4 Å². The van der Waals surface area contributed by atoms with Crippen molar-refractivity contribution in [1.82, 2.24) is 19.9 Å². The minimum atomic E-state index is -0.452. The third-order valence-corrected chi connectivity index (χ3v) is 7.10. The Balaban J connectivity index is 1.51. The number of imidazole rings is 1. The SMILES string of the molecule is CC(C)NC(=O)[C@H]1CC[C@@H](n2/c(=N/C(=O)c3ccc(F)cc3)[nH]c3cnc(N4CCOCC4)cc32)CC1. The maximum Gasteiger partial charge on any atom is 0.280 e. The van der Waals surface area contributed by atoms with Crippen LogP contribution >= 0.6 is 0 Å². The Morgan fingerprint density at radius 2 is 1.84 bits per heavy atom. The third-order valence-electron chi connectivity index (χ3n) is 7.10. The van der Waals surface area contributed by atoms with Crippen LogP contribution in [0.4, 0.5) is 10.2 Å². The molecule has 5 rings (SSSR count). The maximum atomic E-state index is 13.4. The summed E-state index contributed by atoms with van der Waals surface area (Å²) in [6, 6.07) is 7.60. The van der Waals surface area contributed by atoms with E-state index in [1.807, 2.05) is 19.9 Å². The molecule has 3 heterocycles. The fourth-order valence-corrected chi connectivity index (χ4v) is 5.19. The number of amides is 2. The fourth-order valence-electron chi connectivity index (χ4n) is 5.19. The second-order valence-electron chi connectivity index (χ2n) is 10.1. The Kier molecular flexibility index (Phi) is 7.36. The number of hydrogen-bond acceptors (Lipinski definition) is 5. The van der Waals surface area contributed by atoms with Crippen LogP contribution < -0.4 is 15.8 Å². The van der Waals surface area contributed by atoms with E-state index in [-0.39, 0.29) is 23.9 Å². The minimum Gasteiger partial charge on any atom is -0.378 e. The molecule has 0 spiro atoms. The van der Waals surface area contributed by atoms with Crippen molar-refractivity contribution in [1.29, 1.82) is 0 Å². The first-order chi connectivity index (χ1) is 17.9. The standard InChI is InChI=1S/C27H33FN6O3/c1-17(2)30-25(35)19-5-9-21(10-6-19)34-23-15-24(33-11-13-37-14-12-33)29-16-22(23)31-27(34)32-26(36)18-3-7-20(28)8-4-18/h3-4,7-8,15-17,19,21H,5-6,9-14H2,1-2H3,(H,30,35)(H,31,32,36)/t19-,21+. The quantitative estimate of drug-likeness (QED) is 0.550. The van der Waals surface area contributed by atoms with Gasteiger partial charge in [0.25, 0.3) is 5.91 Å². The van der Waals surface area contributed by atoms with E-state index < -0.39 is 11.7 Å². The average molecular weight is 509 g/mol. The Morgan fingerprint density at radius 1 is 1.14 bits per heavy atom. The smallest absolute Gasteiger partial charge is 0.280 e. The first-order valence-electron chi connectivity index (χ1n) is 13.0. The van der Waals surface area contributed by atoms with Crippen molar-refractivity contribution in [2.75, 3.05) is 31.2 Å². The third kappa shape index (κ3) is 5.58. The predicted molar refractivity (Wildman–Crippen MR) is 138 cm³/mol. The van der Waals surface area contributed by atoms with Gasteiger partial charge < -0.3 is 24.5 Å². The summed E-state index contributed by atoms with van der Waals surface area (Å²) in [5.41, 5.74) is 2.44. The number of H-pyrrole nitrogens is 1. The van der Waals surface area contributed by atoms with Gasteiger partial charge in [-0.2, -0.15) is 4.99 Å². The Morgan fingerprint density at radius 3 is 2.51 bits per heavy atom. The highest BCUT2D eigenvalue weighted by molar-refractivity contribution is 5.95. The number of rotatable bonds is 5. The molecule has 1 saturated carbocycles. The molecule has 9 nitrogen and oxygen atoms in total. The van der Waals surface area contributed by atoms with E-state index in [1.54, 1.807) is 6.20 Å². The summed E-state index contributed by atoms with van der Waals surface area (Å²) < 4.78 is 20.9. The number of halogens is 1. The number of carbonyl (C=O) groups excluding carboxylic acids is 2. The second kappa shape index (κ2) is 10.8. The Labute approximate surface area is 214 Å². The van der Waals surface area contributed by atoms with Gasteiger partial charge in [0.1, 0.15) is 11.6 Å². The van der Waals surface area contributed by atoms with Crippen molar-refractivity contribution in [3.05, 3.63) is 53.5 Å². The lowest BCUT2D eigenvalue weighted by atomic mass is 9.85. The van der Waals surface area contributed by atoms with Crippen molar-refractivity contribution in [2.24, 2.45) is 10.9 Å². The van der Waals surface area contributed by atoms with Crippen molar-refractivity contribution in [2.45, 2.75) is 51.6 Å². The molecule has 10 heteroatoms. The van der Waals surface area contributed by atoms with E-state index in [0.29, 0.717) is 24.4 Å². The molecule has 1 aliphatic heterocycles. The molecule has 2 aromatic heterocycles. The van der Waals surface area contributed by atoms with Crippen LogP contribution in [0.1, 0.15) is 55.9 Å². The topological polar surface area (TPSA) is 105 Å². The van der Waals surface area contributed by atoms with Crippen LogP contribution in [0.15, 0.2) is 41.5 Å². The lowest BCUT2D eigenvalue weighted by Gasteiger charge is -2.30. The summed E-state index contributed by atoms with van der Waals surface area (Å²) in [4.78, 5) is 40.1. The number of pyridine rings is 1. The number of morpholine rings is 1. The molecule has 1 aliphatic carbocycles. The number of benzene rings is 1. The first kappa shape index (κ1) is 25.1. The van der Waals surface area contributed by atoms with Gasteiger partial charge in [-0.3, -0.25) is 9.59 Å². The average Bonchev–Trinajstić information content (AvgIpc) is 3.26. The van der Waals surface area contributed by atoms with E-state index in [2.05, 4.69) is 29.7 Å². The molecule has 196 valence electrons. The van der Waals surface area contributed by atoms with Gasteiger partial charge in [0, 0.05) is 42.7 Å². The second-order valence-corrected chi connectivity index (χ2v) is 10.1. The number of hydrogen-bond donors (Lipinski definition) is 2. The fraction of sp³-hybridized carbons (Fsp3) is 0.481. The molecule has 0 bridgehead atoms. The van der Waals surface area contributed by atoms with Crippen LogP contribution in [0.5, 0.6) is 0 Å². The Hall–Kier alpha value is -3.53. The summed E-state index contributed by atoms with van der Waals surface area (Å²) in [5, 5.41) is 3.03. The highest BCUT2D eigenvalue weighted by Crippen LogP contribution is 2.34. The Bertz CT molecular complexity index is 1330. The van der Waals surface area contributed by atoms with Gasteiger partial charge in [-0.1, -0.05) is 0 Å². The minimum absolute atomic E-state index is 0.0173. The van der Waals surface area contributed by atoms with Crippen molar-refractivity contribution >= 4 is 28.7 Å². The van der Waals surface area contributed by atoms with Crippen molar-refractivity contribution in [3.8, 4) is 0 Å². The molecule has 2 aliphatic rings. The van der Waals surface area contributed by atoms with Gasteiger partial charge in [-0.15, -0.1) is 0 Å². The normalized spacial score (nSPS) is 21.0. The highest BCUT2D eigenvalue weighted by atomic mass is 19.1. The number of ether oxygens (including phenoxy) is 1. The molecule has 2 amide bonds. The molecule has 0 unspecified atom stereocenters. The van der Waals surface area contributed by atoms with Gasteiger partial charge in [0.2, 0.25) is 11.5 Å². The monoisotopic (exact) mass is 508 g/mol. The van der Waals surface area contributed by atoms with E-state index in [1.165, 1.54) is 24.3 Å². The number of aromatic nitrogens is 3. The summed E-state index contributed by atoms with van der Waals surface area (Å²) >= 11 is 0. The number of fused-ring (bicyclic) bond motifs is 1. The first-order valence-corrected chi connectivity index (χ1v) is 13.0. The summed E-state index contributed by atoms with van der Waals surface area (Å²) in [6.07, 6.45) is 4.87. The van der Waals surface area contributed by atoms with Gasteiger partial charge in [-0.25, -0.2) is 9.37 Å². The van der Waals surface area contributed by atoms with Crippen LogP contribution in [0.3, 0.4) is 0 Å². The van der Waals surface area contributed by atoms with Crippen LogP contribution in [0.25, 0.3) is 11.0 Å². The van der Waals surface area contributed by atoms with Crippen molar-refractivity contribution < 1.29 is 18.7 Å². The number of anilines is 1. The van der Waals surface area contributed by atoms with E-state index in [9.17, 15) is 14.0 Å². The number of nitrogens with one attached hydrogen (secondary N) is 2. The van der Waals surface area contributed by atoms with E-state index in [0.717, 1.165) is 55.6 Å². The summed E-state index contributed by atoms with van der Waals surface area (Å²) in [5.74, 6) is 0.0812. The molecule has 0 atom stereocenters. The zero-order valence-corrected chi connectivity index (χ0v) is 21.2. The molecule has 1 aromatic carbocycles. The molecule has 2 fully saturated rings. The number of carbonyl (C=O) groups is 2. The molecular formula is C27H33FN6O3. The molecular weight excluding hydrogens is 475 g/mol. The number of aromatic amines is 1. The number of nitrogens with zero attached hydrogens (tertiary/aromatic N) is 4. The van der Waals surface area contributed by atoms with E-state index in [4.69, 9.17) is 4.74 Å². The van der Waals surface area contributed by atoms with Gasteiger partial charge in [0.15, 0.2) is 0 Å². The van der Waals surface area contributed by atoms with Crippen LogP contribution in [0, 0.1) is 11.7 Å². The van der Waals surface area contributed by atoms with Crippen molar-refractivity contribution in [3.63, 3.8) is 0 Å². The molecule has 3 aromatic rings. The van der Waals surface area contributed by atoms with Gasteiger partial charge in [-0.05, 0) is 63.8 Å². The lowest BCUT2D eigenvalue weighted by Crippen LogP contribution is -2.38.